The fraction of sp³-hybridized carbons (Fsp3) is 0.400. The van der Waals surface area contributed by atoms with Crippen LogP contribution in [0.2, 0.25) is 0 Å². The summed E-state index contributed by atoms with van der Waals surface area (Å²) in [6, 6.07) is 5.45. The van der Waals surface area contributed by atoms with E-state index in [4.69, 9.17) is 21.1 Å². The number of nitro benzene ring substituents is 1. The molecule has 1 saturated heterocycles. The fourth-order valence-electron chi connectivity index (χ4n) is 2.26. The summed E-state index contributed by atoms with van der Waals surface area (Å²) in [6.45, 7) is 1.16. The molecule has 1 aliphatic heterocycles. The lowest BCUT2D eigenvalue weighted by Crippen LogP contribution is -2.67. The normalized spacial score (nSPS) is 20.3. The number of β-lactam (4-membered cyclic amide) rings is 1. The molecule has 1 fully saturated rings. The van der Waals surface area contributed by atoms with Gasteiger partial charge in [-0.1, -0.05) is 23.4 Å². The van der Waals surface area contributed by atoms with E-state index in [1.807, 2.05) is 0 Å². The van der Waals surface area contributed by atoms with Gasteiger partial charge in [0, 0.05) is 26.2 Å². The van der Waals surface area contributed by atoms with Crippen LogP contribution in [0.1, 0.15) is 12.5 Å². The number of halogens is 1. The van der Waals surface area contributed by atoms with Crippen LogP contribution in [0.3, 0.4) is 0 Å². The Balaban J connectivity index is 1.96. The van der Waals surface area contributed by atoms with Crippen molar-refractivity contribution in [2.24, 2.45) is 0 Å². The van der Waals surface area contributed by atoms with Gasteiger partial charge in [-0.3, -0.25) is 24.6 Å². The first kappa shape index (κ1) is 20.1. The standard InChI is InChI=1S/C15H15ClN2O7S/c1-8(19)26-14-11(24-2)13(20)17(14)12(16)15(21)25-7-9-3-5-10(6-4-9)18(22)23/h3-6,11-12,14H,7H2,1-2H3. The van der Waals surface area contributed by atoms with Gasteiger partial charge in [-0.05, 0) is 17.7 Å². The van der Waals surface area contributed by atoms with Crippen LogP contribution in [-0.4, -0.2) is 50.9 Å². The van der Waals surface area contributed by atoms with Gasteiger partial charge in [0.1, 0.15) is 12.0 Å². The highest BCUT2D eigenvalue weighted by Gasteiger charge is 2.53. The molecule has 3 unspecified atom stereocenters. The molecule has 1 heterocycles. The minimum Gasteiger partial charge on any atom is -0.458 e. The number of benzene rings is 1. The van der Waals surface area contributed by atoms with E-state index in [2.05, 4.69) is 0 Å². The predicted octanol–water partition coefficient (Wildman–Crippen LogP) is 1.67. The summed E-state index contributed by atoms with van der Waals surface area (Å²) in [5.74, 6) is -1.39. The number of non-ortho nitro benzene ring substituents is 1. The number of likely N-dealkylation sites (tertiary alicyclic amines) is 1. The Hall–Kier alpha value is -2.17. The molecule has 26 heavy (non-hydrogen) atoms. The molecular formula is C15H15ClN2O7S. The van der Waals surface area contributed by atoms with Gasteiger partial charge < -0.3 is 9.47 Å². The van der Waals surface area contributed by atoms with Gasteiger partial charge in [-0.25, -0.2) is 4.79 Å². The van der Waals surface area contributed by atoms with Crippen LogP contribution in [0.15, 0.2) is 24.3 Å². The molecule has 3 atom stereocenters. The van der Waals surface area contributed by atoms with Crippen LogP contribution >= 0.6 is 23.4 Å². The zero-order chi connectivity index (χ0) is 19.4. The van der Waals surface area contributed by atoms with Gasteiger partial charge in [0.05, 0.1) is 4.92 Å². The molecule has 0 saturated carbocycles. The molecule has 1 amide bonds. The lowest BCUT2D eigenvalue weighted by Gasteiger charge is -2.46. The van der Waals surface area contributed by atoms with Crippen LogP contribution < -0.4 is 0 Å². The lowest BCUT2D eigenvalue weighted by molar-refractivity contribution is -0.384. The highest BCUT2D eigenvalue weighted by molar-refractivity contribution is 8.14. The zero-order valence-electron chi connectivity index (χ0n) is 13.8. The van der Waals surface area contributed by atoms with Gasteiger partial charge in [0.15, 0.2) is 11.2 Å². The van der Waals surface area contributed by atoms with Crippen molar-refractivity contribution < 1.29 is 28.8 Å². The molecule has 0 aromatic heterocycles. The smallest absolute Gasteiger partial charge is 0.345 e. The van der Waals surface area contributed by atoms with Crippen molar-refractivity contribution >= 4 is 46.0 Å². The van der Waals surface area contributed by atoms with Gasteiger partial charge in [0.25, 0.3) is 11.6 Å². The summed E-state index contributed by atoms with van der Waals surface area (Å²) in [7, 11) is 1.32. The van der Waals surface area contributed by atoms with Crippen LogP contribution in [0, 0.1) is 10.1 Å². The van der Waals surface area contributed by atoms with E-state index in [1.54, 1.807) is 0 Å². The summed E-state index contributed by atoms with van der Waals surface area (Å²) in [4.78, 5) is 46.5. The van der Waals surface area contributed by atoms with Gasteiger partial charge in [-0.2, -0.15) is 0 Å². The molecule has 9 nitrogen and oxygen atoms in total. The summed E-state index contributed by atoms with van der Waals surface area (Å²) >= 11 is 6.86. The number of nitrogens with zero attached hydrogens (tertiary/aromatic N) is 2. The Morgan fingerprint density at radius 1 is 1.38 bits per heavy atom. The highest BCUT2D eigenvalue weighted by Crippen LogP contribution is 2.35. The molecule has 0 spiro atoms. The van der Waals surface area contributed by atoms with E-state index in [1.165, 1.54) is 38.3 Å². The Morgan fingerprint density at radius 2 is 2.00 bits per heavy atom. The number of alkyl halides is 1. The number of carbonyl (C=O) groups is 3. The quantitative estimate of drug-likeness (QED) is 0.169. The number of esters is 1. The predicted molar refractivity (Wildman–Crippen MR) is 92.2 cm³/mol. The van der Waals surface area contributed by atoms with Gasteiger partial charge in [-0.15, -0.1) is 0 Å². The first-order chi connectivity index (χ1) is 12.3. The molecule has 2 rings (SSSR count). The topological polar surface area (TPSA) is 116 Å². The molecule has 1 aromatic carbocycles. The zero-order valence-corrected chi connectivity index (χ0v) is 15.4. The number of nitro groups is 1. The van der Waals surface area contributed by atoms with E-state index in [-0.39, 0.29) is 17.4 Å². The number of thioether (sulfide) groups is 1. The minimum atomic E-state index is -1.41. The maximum atomic E-state index is 12.1. The minimum absolute atomic E-state index is 0.0869. The average Bonchev–Trinajstić information content (AvgIpc) is 2.59. The maximum Gasteiger partial charge on any atom is 0.345 e. The van der Waals surface area contributed by atoms with Crippen molar-refractivity contribution in [3.05, 3.63) is 39.9 Å². The fourth-order valence-corrected chi connectivity index (χ4v) is 3.63. The Labute approximate surface area is 157 Å². The summed E-state index contributed by atoms with van der Waals surface area (Å²) in [5.41, 5.74) is -0.979. The Kier molecular flexibility index (Phi) is 6.57. The SMILES string of the molecule is COC1C(=O)N(C(Cl)C(=O)OCc2ccc([N+](=O)[O-])cc2)C1SC(C)=O. The average molecular weight is 403 g/mol. The summed E-state index contributed by atoms with van der Waals surface area (Å²) < 4.78 is 10.0. The second-order valence-corrected chi connectivity index (χ2v) is 6.98. The molecular weight excluding hydrogens is 388 g/mol. The monoisotopic (exact) mass is 402 g/mol. The lowest BCUT2D eigenvalue weighted by atomic mass is 10.1. The number of amides is 1. The largest absolute Gasteiger partial charge is 0.458 e. The number of hydrogen-bond acceptors (Lipinski definition) is 8. The van der Waals surface area contributed by atoms with Crippen molar-refractivity contribution in [3.8, 4) is 0 Å². The van der Waals surface area contributed by atoms with Crippen molar-refractivity contribution in [1.29, 1.82) is 0 Å². The molecule has 0 N–H and O–H groups in total. The molecule has 1 aromatic rings. The van der Waals surface area contributed by atoms with E-state index >= 15 is 0 Å². The number of methoxy groups -OCH3 is 1. The van der Waals surface area contributed by atoms with E-state index in [0.29, 0.717) is 5.56 Å². The summed E-state index contributed by atoms with van der Waals surface area (Å²) in [5, 5.41) is 9.64. The second kappa shape index (κ2) is 8.47. The van der Waals surface area contributed by atoms with E-state index in [0.717, 1.165) is 16.7 Å². The van der Waals surface area contributed by atoms with Crippen molar-refractivity contribution in [2.45, 2.75) is 30.5 Å². The maximum absolute atomic E-state index is 12.1. The number of rotatable bonds is 7. The Morgan fingerprint density at radius 3 is 2.50 bits per heavy atom. The van der Waals surface area contributed by atoms with Gasteiger partial charge in [0.2, 0.25) is 5.50 Å². The first-order valence-corrected chi connectivity index (χ1v) is 8.64. The van der Waals surface area contributed by atoms with Crippen molar-refractivity contribution in [2.75, 3.05) is 7.11 Å². The first-order valence-electron chi connectivity index (χ1n) is 7.32. The molecule has 0 radical (unpaired) electrons. The molecule has 140 valence electrons. The Bertz CT molecular complexity index is 727. The molecule has 1 aliphatic rings. The van der Waals surface area contributed by atoms with Crippen LogP contribution in [0.25, 0.3) is 0 Å². The van der Waals surface area contributed by atoms with Crippen molar-refractivity contribution in [3.63, 3.8) is 0 Å². The number of hydrogen-bond donors (Lipinski definition) is 0. The van der Waals surface area contributed by atoms with Crippen LogP contribution in [0.5, 0.6) is 0 Å². The second-order valence-electron chi connectivity index (χ2n) is 5.27. The third-order valence-electron chi connectivity index (χ3n) is 3.54. The molecule has 0 aliphatic carbocycles. The number of carbonyl (C=O) groups excluding carboxylic acids is 3. The summed E-state index contributed by atoms with van der Waals surface area (Å²) in [6.07, 6.45) is -0.854. The van der Waals surface area contributed by atoms with Crippen molar-refractivity contribution in [1.82, 2.24) is 4.90 Å². The van der Waals surface area contributed by atoms with Crippen LogP contribution in [-0.2, 0) is 30.5 Å². The van der Waals surface area contributed by atoms with Crippen LogP contribution in [0.4, 0.5) is 5.69 Å². The molecule has 11 heteroatoms. The third-order valence-corrected chi connectivity index (χ3v) is 4.97. The van der Waals surface area contributed by atoms with E-state index < -0.39 is 33.8 Å². The third kappa shape index (κ3) is 4.32. The number of ether oxygens (including phenoxy) is 2. The highest BCUT2D eigenvalue weighted by atomic mass is 35.5. The molecule has 0 bridgehead atoms. The van der Waals surface area contributed by atoms with Gasteiger partial charge >= 0.3 is 5.97 Å². The van der Waals surface area contributed by atoms with E-state index in [9.17, 15) is 24.5 Å².